The van der Waals surface area contributed by atoms with Crippen molar-refractivity contribution in [1.29, 1.82) is 0 Å². The Morgan fingerprint density at radius 1 is 0.638 bits per heavy atom. The molecule has 0 fully saturated rings. The normalized spacial score (nSPS) is 14.9. The zero-order valence-corrected chi connectivity index (χ0v) is 27.7. The highest BCUT2D eigenvalue weighted by atomic mass is 16.4. The summed E-state index contributed by atoms with van der Waals surface area (Å²) in [4.78, 5) is 100.0. The summed E-state index contributed by atoms with van der Waals surface area (Å²) in [6, 6.07) is -7.90. The molecule has 6 amide bonds. The Morgan fingerprint density at radius 2 is 1.11 bits per heavy atom. The van der Waals surface area contributed by atoms with Crippen LogP contribution in [-0.2, 0) is 38.4 Å². The molecule has 13 N–H and O–H groups in total. The van der Waals surface area contributed by atoms with E-state index in [9.17, 15) is 48.6 Å². The second kappa shape index (κ2) is 21.5. The van der Waals surface area contributed by atoms with Gasteiger partial charge in [0.25, 0.3) is 0 Å². The van der Waals surface area contributed by atoms with Crippen LogP contribution in [0.4, 0.5) is 0 Å². The lowest BCUT2D eigenvalue weighted by atomic mass is 10.0. The second-order valence-electron chi connectivity index (χ2n) is 12.1. The molecule has 0 aromatic carbocycles. The fourth-order valence-corrected chi connectivity index (χ4v) is 4.29. The molecule has 0 aromatic heterocycles. The van der Waals surface area contributed by atoms with Gasteiger partial charge in [-0.15, -0.1) is 0 Å². The summed E-state index contributed by atoms with van der Waals surface area (Å²) in [6.07, 6.45) is -0.650. The quantitative estimate of drug-likeness (QED) is 0.0500. The molecule has 268 valence electrons. The molecule has 0 aromatic rings. The first-order valence-electron chi connectivity index (χ1n) is 15.5. The lowest BCUT2D eigenvalue weighted by Crippen LogP contribution is -2.59. The van der Waals surface area contributed by atoms with Crippen molar-refractivity contribution in [3.63, 3.8) is 0 Å². The van der Waals surface area contributed by atoms with Crippen molar-refractivity contribution in [1.82, 2.24) is 26.6 Å². The van der Waals surface area contributed by atoms with E-state index < -0.39 is 96.0 Å². The summed E-state index contributed by atoms with van der Waals surface area (Å²) in [5.74, 6) is -8.58. The van der Waals surface area contributed by atoms with Crippen LogP contribution < -0.4 is 43.8 Å². The third-order valence-electron chi connectivity index (χ3n) is 6.89. The SMILES string of the molecule is CC(C)C[C@H](NC(=O)[C@H](C)N)C(=O)N[C@@H](CCC(N)=O)C(=O)N[C@@H](CC(=O)O)C(=O)N[C@@H](CCCCN)C(=O)N[C@H](C(=O)O)C(C)C. The van der Waals surface area contributed by atoms with E-state index in [2.05, 4.69) is 26.6 Å². The standard InChI is InChI=1S/C29H52N8O10/c1-14(2)12-19(35-24(41)16(5)31)27(44)34-18(9-10-21(32)38)25(42)36-20(13-22(39)40)28(45)33-17(8-6-7-11-30)26(43)37-23(15(3)4)29(46)47/h14-20,23H,6-13,30-31H2,1-5H3,(H2,32,38)(H,33,45)(H,34,44)(H,35,41)(H,36,42)(H,37,43)(H,39,40)(H,46,47)/t16-,17-,18-,19-,20-,23-/m0/s1. The van der Waals surface area contributed by atoms with Crippen molar-refractivity contribution in [2.24, 2.45) is 29.0 Å². The van der Waals surface area contributed by atoms with Crippen LogP contribution in [0.2, 0.25) is 0 Å². The zero-order valence-electron chi connectivity index (χ0n) is 27.7. The number of rotatable bonds is 23. The molecule has 0 aliphatic heterocycles. The third kappa shape index (κ3) is 17.2. The minimum atomic E-state index is -1.76. The number of nitrogens with one attached hydrogen (secondary N) is 5. The van der Waals surface area contributed by atoms with Gasteiger partial charge in [-0.3, -0.25) is 33.6 Å². The Labute approximate surface area is 274 Å². The van der Waals surface area contributed by atoms with Crippen molar-refractivity contribution < 1.29 is 48.6 Å². The molecule has 0 heterocycles. The summed E-state index contributed by atoms with van der Waals surface area (Å²) in [5.41, 5.74) is 16.4. The predicted molar refractivity (Wildman–Crippen MR) is 169 cm³/mol. The molecule has 0 rings (SSSR count). The fraction of sp³-hybridized carbons (Fsp3) is 0.724. The maximum absolute atomic E-state index is 13.4. The number of aliphatic carboxylic acids is 2. The predicted octanol–water partition coefficient (Wildman–Crippen LogP) is -2.59. The molecule has 18 heteroatoms. The van der Waals surface area contributed by atoms with Gasteiger partial charge in [-0.2, -0.15) is 0 Å². The summed E-state index contributed by atoms with van der Waals surface area (Å²) in [5, 5.41) is 30.9. The van der Waals surface area contributed by atoms with Crippen molar-refractivity contribution in [3.05, 3.63) is 0 Å². The Hall–Kier alpha value is -4.32. The smallest absolute Gasteiger partial charge is 0.326 e. The summed E-state index contributed by atoms with van der Waals surface area (Å²) in [7, 11) is 0. The number of unbranched alkanes of at least 4 members (excludes halogenated alkanes) is 1. The highest BCUT2D eigenvalue weighted by molar-refractivity contribution is 5.97. The van der Waals surface area contributed by atoms with E-state index in [0.717, 1.165) is 0 Å². The maximum Gasteiger partial charge on any atom is 0.326 e. The number of primary amides is 1. The zero-order chi connectivity index (χ0) is 36.4. The van der Waals surface area contributed by atoms with Gasteiger partial charge in [0.15, 0.2) is 0 Å². The van der Waals surface area contributed by atoms with Gasteiger partial charge in [0, 0.05) is 6.42 Å². The van der Waals surface area contributed by atoms with Crippen LogP contribution in [0.25, 0.3) is 0 Å². The number of nitrogens with two attached hydrogens (primary N) is 3. The number of hydrogen-bond donors (Lipinski definition) is 10. The maximum atomic E-state index is 13.4. The Balaban J connectivity index is 6.18. The molecule has 0 saturated heterocycles. The number of amides is 6. The van der Waals surface area contributed by atoms with Gasteiger partial charge in [-0.05, 0) is 57.4 Å². The summed E-state index contributed by atoms with van der Waals surface area (Å²) in [6.45, 7) is 8.42. The van der Waals surface area contributed by atoms with Crippen LogP contribution >= 0.6 is 0 Å². The molecule has 6 atom stereocenters. The van der Waals surface area contributed by atoms with Crippen LogP contribution in [0, 0.1) is 11.8 Å². The van der Waals surface area contributed by atoms with Crippen LogP contribution in [0.1, 0.15) is 79.6 Å². The van der Waals surface area contributed by atoms with Crippen LogP contribution in [0.3, 0.4) is 0 Å². The summed E-state index contributed by atoms with van der Waals surface area (Å²) >= 11 is 0. The highest BCUT2D eigenvalue weighted by Gasteiger charge is 2.34. The molecule has 0 aliphatic carbocycles. The molecule has 0 bridgehead atoms. The van der Waals surface area contributed by atoms with Crippen molar-refractivity contribution in [3.8, 4) is 0 Å². The minimum Gasteiger partial charge on any atom is -0.481 e. The largest absolute Gasteiger partial charge is 0.481 e. The molecule has 0 saturated carbocycles. The topological polar surface area (TPSA) is 315 Å². The Kier molecular flexibility index (Phi) is 19.5. The number of hydrogen-bond acceptors (Lipinski definition) is 10. The lowest BCUT2D eigenvalue weighted by Gasteiger charge is -2.27. The Bertz CT molecular complexity index is 1110. The minimum absolute atomic E-state index is 0.0224. The lowest BCUT2D eigenvalue weighted by molar-refractivity contribution is -0.144. The van der Waals surface area contributed by atoms with E-state index >= 15 is 0 Å². The average molecular weight is 673 g/mol. The second-order valence-corrected chi connectivity index (χ2v) is 12.1. The van der Waals surface area contributed by atoms with Gasteiger partial charge in [-0.25, -0.2) is 4.79 Å². The highest BCUT2D eigenvalue weighted by Crippen LogP contribution is 2.09. The van der Waals surface area contributed by atoms with Gasteiger partial charge in [0.2, 0.25) is 35.4 Å². The van der Waals surface area contributed by atoms with Crippen molar-refractivity contribution >= 4 is 47.4 Å². The average Bonchev–Trinajstić information content (AvgIpc) is 2.95. The van der Waals surface area contributed by atoms with Gasteiger partial charge in [0.1, 0.15) is 30.2 Å². The monoisotopic (exact) mass is 672 g/mol. The molecule has 0 unspecified atom stereocenters. The number of carbonyl (C=O) groups excluding carboxylic acids is 6. The van der Waals surface area contributed by atoms with Crippen LogP contribution in [-0.4, -0.2) is 100 Å². The van der Waals surface area contributed by atoms with Crippen LogP contribution in [0.15, 0.2) is 0 Å². The van der Waals surface area contributed by atoms with E-state index in [4.69, 9.17) is 17.2 Å². The first-order chi connectivity index (χ1) is 21.8. The first-order valence-corrected chi connectivity index (χ1v) is 15.5. The van der Waals surface area contributed by atoms with Gasteiger partial charge in [0.05, 0.1) is 12.5 Å². The van der Waals surface area contributed by atoms with Crippen molar-refractivity contribution in [2.75, 3.05) is 6.54 Å². The molecule has 18 nitrogen and oxygen atoms in total. The fourth-order valence-electron chi connectivity index (χ4n) is 4.29. The van der Waals surface area contributed by atoms with E-state index in [-0.39, 0.29) is 38.1 Å². The van der Waals surface area contributed by atoms with Crippen molar-refractivity contribution in [2.45, 2.75) is 116 Å². The molecular weight excluding hydrogens is 620 g/mol. The molecule has 0 radical (unpaired) electrons. The van der Waals surface area contributed by atoms with E-state index in [0.29, 0.717) is 12.8 Å². The third-order valence-corrected chi connectivity index (χ3v) is 6.89. The molecule has 47 heavy (non-hydrogen) atoms. The van der Waals surface area contributed by atoms with Gasteiger partial charge in [-0.1, -0.05) is 27.7 Å². The number of carboxylic acid groups (broad SMARTS) is 2. The molecule has 0 aliphatic rings. The van der Waals surface area contributed by atoms with Crippen LogP contribution in [0.5, 0.6) is 0 Å². The Morgan fingerprint density at radius 3 is 1.55 bits per heavy atom. The van der Waals surface area contributed by atoms with E-state index in [1.165, 1.54) is 6.92 Å². The van der Waals surface area contributed by atoms with Gasteiger partial charge < -0.3 is 54.0 Å². The number of carboxylic acids is 2. The molecular formula is C29H52N8O10. The van der Waals surface area contributed by atoms with Gasteiger partial charge >= 0.3 is 11.9 Å². The van der Waals surface area contributed by atoms with E-state index in [1.807, 2.05) is 0 Å². The number of carbonyl (C=O) groups is 8. The van der Waals surface area contributed by atoms with E-state index in [1.54, 1.807) is 27.7 Å². The molecule has 0 spiro atoms. The first kappa shape index (κ1) is 42.7. The summed E-state index contributed by atoms with van der Waals surface area (Å²) < 4.78 is 0.